The number of aryl methyl sites for hydroxylation is 3. The molecule has 1 heterocycles. The van der Waals surface area contributed by atoms with Gasteiger partial charge in [0.1, 0.15) is 5.75 Å². The number of rotatable bonds is 4. The molecule has 0 bridgehead atoms. The van der Waals surface area contributed by atoms with Crippen LogP contribution >= 0.6 is 11.6 Å². The number of nitrogens with zero attached hydrogens (tertiary/aromatic N) is 1. The third-order valence-corrected chi connectivity index (χ3v) is 7.36. The first-order valence-corrected chi connectivity index (χ1v) is 11.9. The highest BCUT2D eigenvalue weighted by Gasteiger charge is 2.37. The van der Waals surface area contributed by atoms with Gasteiger partial charge < -0.3 is 10.1 Å². The molecule has 32 heavy (non-hydrogen) atoms. The molecule has 1 aliphatic rings. The quantitative estimate of drug-likeness (QED) is 0.590. The molecule has 0 aliphatic carbocycles. The average molecular weight is 471 g/mol. The summed E-state index contributed by atoms with van der Waals surface area (Å²) in [5.41, 5.74) is 3.64. The summed E-state index contributed by atoms with van der Waals surface area (Å²) in [6.07, 6.45) is -1.03. The first-order valence-electron chi connectivity index (χ1n) is 10.1. The summed E-state index contributed by atoms with van der Waals surface area (Å²) in [7, 11) is -3.90. The molecule has 1 amide bonds. The lowest BCUT2D eigenvalue weighted by Gasteiger charge is -2.35. The third-order valence-electron chi connectivity index (χ3n) is 5.33. The average Bonchev–Trinajstić information content (AvgIpc) is 2.74. The van der Waals surface area contributed by atoms with Crippen LogP contribution in [0.2, 0.25) is 5.02 Å². The van der Waals surface area contributed by atoms with Crippen molar-refractivity contribution in [3.8, 4) is 5.75 Å². The molecule has 0 unspecified atom stereocenters. The van der Waals surface area contributed by atoms with Crippen LogP contribution in [0, 0.1) is 20.8 Å². The Kier molecular flexibility index (Phi) is 5.88. The second-order valence-electron chi connectivity index (χ2n) is 7.88. The Morgan fingerprint density at radius 2 is 1.69 bits per heavy atom. The van der Waals surface area contributed by atoms with E-state index in [2.05, 4.69) is 5.32 Å². The molecule has 0 fully saturated rings. The summed E-state index contributed by atoms with van der Waals surface area (Å²) in [6.45, 7) is 5.45. The number of carbonyl (C=O) groups is 1. The molecule has 1 N–H and O–H groups in total. The summed E-state index contributed by atoms with van der Waals surface area (Å²) in [4.78, 5) is 13.2. The van der Waals surface area contributed by atoms with Crippen molar-refractivity contribution in [2.45, 2.75) is 31.8 Å². The number of hydrogen-bond donors (Lipinski definition) is 1. The number of benzene rings is 3. The Hall–Kier alpha value is -3.03. The molecule has 1 aliphatic heterocycles. The zero-order valence-electron chi connectivity index (χ0n) is 17.9. The molecule has 3 aromatic rings. The molecule has 0 radical (unpaired) electrons. The molecule has 166 valence electrons. The minimum Gasteiger partial charge on any atom is -0.476 e. The molecule has 0 spiro atoms. The van der Waals surface area contributed by atoms with E-state index in [-0.39, 0.29) is 11.4 Å². The summed E-state index contributed by atoms with van der Waals surface area (Å²) in [6, 6.07) is 17.0. The van der Waals surface area contributed by atoms with E-state index < -0.39 is 22.0 Å². The lowest BCUT2D eigenvalue weighted by atomic mass is 10.1. The first-order chi connectivity index (χ1) is 15.1. The van der Waals surface area contributed by atoms with Crippen LogP contribution in [0.5, 0.6) is 5.75 Å². The second kappa shape index (κ2) is 8.48. The van der Waals surface area contributed by atoms with Crippen LogP contribution in [-0.4, -0.2) is 27.0 Å². The summed E-state index contributed by atoms with van der Waals surface area (Å²) < 4.78 is 34.2. The fourth-order valence-electron chi connectivity index (χ4n) is 3.54. The molecule has 0 aromatic heterocycles. The topological polar surface area (TPSA) is 75.7 Å². The zero-order chi connectivity index (χ0) is 23.0. The highest BCUT2D eigenvalue weighted by atomic mass is 35.5. The van der Waals surface area contributed by atoms with Crippen molar-refractivity contribution in [1.82, 2.24) is 0 Å². The molecule has 8 heteroatoms. The summed E-state index contributed by atoms with van der Waals surface area (Å²) >= 11 is 6.00. The molecule has 1 atom stereocenters. The Balaban J connectivity index is 1.69. The predicted molar refractivity (Wildman–Crippen MR) is 126 cm³/mol. The Morgan fingerprint density at radius 1 is 1.00 bits per heavy atom. The molecule has 4 rings (SSSR count). The van der Waals surface area contributed by atoms with Crippen LogP contribution in [0.3, 0.4) is 0 Å². The smallest absolute Gasteiger partial charge is 0.267 e. The number of hydrogen-bond acceptors (Lipinski definition) is 4. The number of carbonyl (C=O) groups excluding carboxylic acids is 1. The number of amides is 1. The summed E-state index contributed by atoms with van der Waals surface area (Å²) in [5.74, 6) is -0.0911. The highest BCUT2D eigenvalue weighted by Crippen LogP contribution is 2.38. The fourth-order valence-corrected chi connectivity index (χ4v) is 5.25. The van der Waals surface area contributed by atoms with Crippen LogP contribution < -0.4 is 14.4 Å². The Morgan fingerprint density at radius 3 is 2.38 bits per heavy atom. The number of fused-ring (bicyclic) bond motifs is 1. The van der Waals surface area contributed by atoms with Crippen molar-refractivity contribution < 1.29 is 17.9 Å². The second-order valence-corrected chi connectivity index (χ2v) is 10.2. The first kappa shape index (κ1) is 22.2. The zero-order valence-corrected chi connectivity index (χ0v) is 19.5. The molecular weight excluding hydrogens is 448 g/mol. The van der Waals surface area contributed by atoms with E-state index >= 15 is 0 Å². The van der Waals surface area contributed by atoms with Gasteiger partial charge in [0.05, 0.1) is 17.1 Å². The molecule has 0 saturated carbocycles. The van der Waals surface area contributed by atoms with Gasteiger partial charge in [0.15, 0.2) is 6.10 Å². The van der Waals surface area contributed by atoms with Crippen molar-refractivity contribution in [2.24, 2.45) is 0 Å². The lowest BCUT2D eigenvalue weighted by Crippen LogP contribution is -2.48. The van der Waals surface area contributed by atoms with Gasteiger partial charge in [0, 0.05) is 10.7 Å². The Bertz CT molecular complexity index is 1290. The predicted octanol–water partition coefficient (Wildman–Crippen LogP) is 4.86. The normalized spacial score (nSPS) is 15.6. The van der Waals surface area contributed by atoms with E-state index in [0.29, 0.717) is 22.1 Å². The lowest BCUT2D eigenvalue weighted by molar-refractivity contribution is -0.122. The maximum absolute atomic E-state index is 13.5. The van der Waals surface area contributed by atoms with Gasteiger partial charge in [-0.3, -0.25) is 9.10 Å². The van der Waals surface area contributed by atoms with Gasteiger partial charge in [-0.15, -0.1) is 0 Å². The van der Waals surface area contributed by atoms with E-state index in [1.165, 1.54) is 4.31 Å². The number of ether oxygens (including phenoxy) is 1. The standard InChI is InChI=1S/C24H23ClN2O4S/c1-15-4-8-19(9-5-15)32(29,30)27-14-23(31-22-12-16(2)6-11-21(22)27)24(28)26-20-10-7-18(25)13-17(20)3/h4-13,23H,14H2,1-3H3,(H,26,28)/t23-/m0/s1. The van der Waals surface area contributed by atoms with E-state index in [9.17, 15) is 13.2 Å². The molecule has 3 aromatic carbocycles. The number of halogens is 1. The minimum atomic E-state index is -3.90. The number of nitrogens with one attached hydrogen (secondary N) is 1. The molecule has 0 saturated heterocycles. The van der Waals surface area contributed by atoms with Gasteiger partial charge in [0.2, 0.25) is 0 Å². The maximum atomic E-state index is 13.5. The van der Waals surface area contributed by atoms with Gasteiger partial charge in [-0.2, -0.15) is 0 Å². The highest BCUT2D eigenvalue weighted by molar-refractivity contribution is 7.92. The van der Waals surface area contributed by atoms with Crippen molar-refractivity contribution in [2.75, 3.05) is 16.2 Å². The minimum absolute atomic E-state index is 0.148. The van der Waals surface area contributed by atoms with Crippen LogP contribution in [0.15, 0.2) is 65.6 Å². The van der Waals surface area contributed by atoms with E-state index in [1.807, 2.05) is 26.8 Å². The maximum Gasteiger partial charge on any atom is 0.267 e. The van der Waals surface area contributed by atoms with Crippen LogP contribution in [0.1, 0.15) is 16.7 Å². The van der Waals surface area contributed by atoms with Crippen LogP contribution in [0.25, 0.3) is 0 Å². The van der Waals surface area contributed by atoms with E-state index in [4.69, 9.17) is 16.3 Å². The van der Waals surface area contributed by atoms with Crippen molar-refractivity contribution in [1.29, 1.82) is 0 Å². The summed E-state index contributed by atoms with van der Waals surface area (Å²) in [5, 5.41) is 3.39. The van der Waals surface area contributed by atoms with Gasteiger partial charge in [-0.1, -0.05) is 35.4 Å². The fraction of sp³-hybridized carbons (Fsp3) is 0.208. The van der Waals surface area contributed by atoms with Gasteiger partial charge in [0.25, 0.3) is 15.9 Å². The van der Waals surface area contributed by atoms with Crippen molar-refractivity contribution >= 4 is 38.9 Å². The van der Waals surface area contributed by atoms with E-state index in [1.54, 1.807) is 54.6 Å². The monoisotopic (exact) mass is 470 g/mol. The number of sulfonamides is 1. The van der Waals surface area contributed by atoms with Crippen LogP contribution in [0.4, 0.5) is 11.4 Å². The van der Waals surface area contributed by atoms with Gasteiger partial charge in [-0.05, 0) is 74.4 Å². The van der Waals surface area contributed by atoms with E-state index in [0.717, 1.165) is 16.7 Å². The Labute approximate surface area is 192 Å². The molecule has 6 nitrogen and oxygen atoms in total. The van der Waals surface area contributed by atoms with Crippen LogP contribution in [-0.2, 0) is 14.8 Å². The third kappa shape index (κ3) is 4.31. The largest absolute Gasteiger partial charge is 0.476 e. The van der Waals surface area contributed by atoms with Crippen molar-refractivity contribution in [3.05, 3.63) is 82.4 Å². The van der Waals surface area contributed by atoms with Gasteiger partial charge in [-0.25, -0.2) is 8.42 Å². The van der Waals surface area contributed by atoms with Gasteiger partial charge >= 0.3 is 0 Å². The van der Waals surface area contributed by atoms with Crippen molar-refractivity contribution in [3.63, 3.8) is 0 Å². The SMILES string of the molecule is Cc1ccc(S(=O)(=O)N2C[C@@H](C(=O)Nc3ccc(Cl)cc3C)Oc3cc(C)ccc32)cc1. The number of anilines is 2. The molecular formula is C24H23ClN2O4S.